The zero-order chi connectivity index (χ0) is 29.4. The highest BCUT2D eigenvalue weighted by Crippen LogP contribution is 2.33. The number of carbonyl (C=O) groups is 1. The van der Waals surface area contributed by atoms with E-state index in [2.05, 4.69) is 81.9 Å². The topological polar surface area (TPSA) is 72.9 Å². The zero-order valence-electron chi connectivity index (χ0n) is 25.2. The first-order chi connectivity index (χ1) is 19.6. The fourth-order valence-electron chi connectivity index (χ4n) is 5.97. The predicted octanol–water partition coefficient (Wildman–Crippen LogP) is 8.59. The number of hydrogen-bond donors (Lipinski definition) is 1. The zero-order valence-corrected chi connectivity index (χ0v) is 25.2. The lowest BCUT2D eigenvalue weighted by Crippen LogP contribution is -2.07. The molecule has 0 saturated carbocycles. The number of imidazole rings is 2. The van der Waals surface area contributed by atoms with Crippen molar-refractivity contribution < 1.29 is 9.90 Å². The van der Waals surface area contributed by atoms with E-state index in [4.69, 9.17) is 9.97 Å². The van der Waals surface area contributed by atoms with Crippen molar-refractivity contribution in [3.63, 3.8) is 0 Å². The van der Waals surface area contributed by atoms with Gasteiger partial charge in [0.25, 0.3) is 0 Å². The fourth-order valence-corrected chi connectivity index (χ4v) is 5.97. The minimum atomic E-state index is -0.918. The third-order valence-corrected chi connectivity index (χ3v) is 7.87. The maximum absolute atomic E-state index is 11.7. The Labute approximate surface area is 242 Å². The molecular weight excluding hydrogens is 508 g/mol. The molecule has 0 aliphatic heterocycles. The summed E-state index contributed by atoms with van der Waals surface area (Å²) in [5, 5.41) is 9.64. The highest BCUT2D eigenvalue weighted by atomic mass is 16.4. The molecule has 2 aromatic heterocycles. The number of aryl methyl sites for hydroxylation is 2. The van der Waals surface area contributed by atoms with Crippen molar-refractivity contribution in [3.8, 4) is 22.5 Å². The molecule has 0 aliphatic carbocycles. The lowest BCUT2D eigenvalue weighted by molar-refractivity contribution is 0.0697. The molecule has 6 heteroatoms. The lowest BCUT2D eigenvalue weighted by atomic mass is 9.98. The Bertz CT molecular complexity index is 1720. The van der Waals surface area contributed by atoms with Gasteiger partial charge in [0.15, 0.2) is 0 Å². The highest BCUT2D eigenvalue weighted by molar-refractivity contribution is 5.96. The molecule has 0 spiro atoms. The number of aromatic nitrogens is 4. The van der Waals surface area contributed by atoms with Crippen LogP contribution in [0.2, 0.25) is 0 Å². The summed E-state index contributed by atoms with van der Waals surface area (Å²) in [5.41, 5.74) is 9.86. The summed E-state index contributed by atoms with van der Waals surface area (Å²) in [7, 11) is 0. The monoisotopic (exact) mass is 548 g/mol. The van der Waals surface area contributed by atoms with E-state index in [0.717, 1.165) is 69.0 Å². The molecular formula is C35H40N4O2. The van der Waals surface area contributed by atoms with Crippen LogP contribution in [-0.4, -0.2) is 30.2 Å². The second kappa shape index (κ2) is 11.4. The third-order valence-electron chi connectivity index (χ3n) is 7.87. The van der Waals surface area contributed by atoms with Crippen molar-refractivity contribution in [2.45, 2.75) is 79.8 Å². The fraction of sp³-hybridized carbons (Fsp3) is 0.343. The van der Waals surface area contributed by atoms with E-state index in [1.165, 1.54) is 5.69 Å². The number of nitrogens with zero attached hydrogens (tertiary/aromatic N) is 4. The van der Waals surface area contributed by atoms with Gasteiger partial charge in [-0.3, -0.25) is 0 Å². The molecule has 0 radical (unpaired) electrons. The van der Waals surface area contributed by atoms with Gasteiger partial charge in [-0.05, 0) is 80.5 Å². The number of aromatic carboxylic acids is 1. The Morgan fingerprint density at radius 1 is 0.927 bits per heavy atom. The van der Waals surface area contributed by atoms with Crippen LogP contribution < -0.4 is 0 Å². The van der Waals surface area contributed by atoms with Gasteiger partial charge in [-0.1, -0.05) is 63.2 Å². The van der Waals surface area contributed by atoms with E-state index in [0.29, 0.717) is 24.1 Å². The molecule has 2 heterocycles. The Hall–Kier alpha value is -4.19. The van der Waals surface area contributed by atoms with Crippen molar-refractivity contribution in [2.24, 2.45) is 0 Å². The Morgan fingerprint density at radius 2 is 1.63 bits per heavy atom. The van der Waals surface area contributed by atoms with Crippen LogP contribution in [-0.2, 0) is 13.0 Å². The molecule has 3 aromatic carbocycles. The number of hydrogen-bond acceptors (Lipinski definition) is 3. The minimum Gasteiger partial charge on any atom is -0.478 e. The van der Waals surface area contributed by atoms with E-state index >= 15 is 0 Å². The van der Waals surface area contributed by atoms with Crippen LogP contribution in [0.15, 0.2) is 60.7 Å². The van der Waals surface area contributed by atoms with Crippen LogP contribution in [0.1, 0.15) is 91.7 Å². The molecule has 0 aliphatic rings. The van der Waals surface area contributed by atoms with E-state index in [1.54, 1.807) is 12.1 Å². The minimum absolute atomic E-state index is 0.298. The summed E-state index contributed by atoms with van der Waals surface area (Å²) in [6, 6.07) is 20.2. The largest absolute Gasteiger partial charge is 0.478 e. The molecule has 41 heavy (non-hydrogen) atoms. The van der Waals surface area contributed by atoms with Gasteiger partial charge in [0, 0.05) is 30.3 Å². The Morgan fingerprint density at radius 3 is 2.27 bits per heavy atom. The summed E-state index contributed by atoms with van der Waals surface area (Å²) >= 11 is 0. The number of carboxylic acid groups (broad SMARTS) is 1. The first-order valence-corrected chi connectivity index (χ1v) is 14.6. The van der Waals surface area contributed by atoms with Gasteiger partial charge in [-0.2, -0.15) is 0 Å². The standard InChI is InChI=1S/C35H40N4O2/c1-8-11-31-36-33-23(6)18-27(34-37-32(21(2)3)24(7)39(34)22(4)5)19-30(33)38(31)20-25-14-16-26(17-15-25)28-12-9-10-13-29(28)35(40)41/h9-10,12-19,21-22H,8,11,20H2,1-7H3,(H,40,41). The van der Waals surface area contributed by atoms with Gasteiger partial charge in [-0.25, -0.2) is 14.8 Å². The van der Waals surface area contributed by atoms with Crippen molar-refractivity contribution >= 4 is 17.0 Å². The third kappa shape index (κ3) is 5.31. The van der Waals surface area contributed by atoms with Gasteiger partial charge in [0.05, 0.1) is 22.3 Å². The Kier molecular flexibility index (Phi) is 7.85. The maximum atomic E-state index is 11.7. The molecule has 0 amide bonds. The molecule has 1 N–H and O–H groups in total. The normalized spacial score (nSPS) is 11.7. The average molecular weight is 549 g/mol. The van der Waals surface area contributed by atoms with Crippen molar-refractivity contribution in [3.05, 3.63) is 94.6 Å². The predicted molar refractivity (Wildman–Crippen MR) is 167 cm³/mol. The molecule has 5 rings (SSSR count). The lowest BCUT2D eigenvalue weighted by Gasteiger charge is -2.15. The van der Waals surface area contributed by atoms with Crippen LogP contribution in [0, 0.1) is 13.8 Å². The van der Waals surface area contributed by atoms with Crippen molar-refractivity contribution in [1.29, 1.82) is 0 Å². The quantitative estimate of drug-likeness (QED) is 0.200. The van der Waals surface area contributed by atoms with Crippen molar-refractivity contribution in [1.82, 2.24) is 19.1 Å². The van der Waals surface area contributed by atoms with Gasteiger partial charge in [-0.15, -0.1) is 0 Å². The van der Waals surface area contributed by atoms with Crippen LogP contribution >= 0.6 is 0 Å². The van der Waals surface area contributed by atoms with E-state index < -0.39 is 5.97 Å². The molecule has 6 nitrogen and oxygen atoms in total. The molecule has 212 valence electrons. The highest BCUT2D eigenvalue weighted by Gasteiger charge is 2.22. The molecule has 0 atom stereocenters. The molecule has 0 saturated heterocycles. The SMILES string of the molecule is CCCc1nc2c(C)cc(-c3nc(C(C)C)c(C)n3C(C)C)cc2n1Cc1ccc(-c2ccccc2C(=O)O)cc1. The summed E-state index contributed by atoms with van der Waals surface area (Å²) in [5.74, 6) is 1.52. The smallest absolute Gasteiger partial charge is 0.336 e. The first kappa shape index (κ1) is 28.3. The summed E-state index contributed by atoms with van der Waals surface area (Å²) in [6.07, 6.45) is 1.90. The second-order valence-electron chi connectivity index (χ2n) is 11.6. The summed E-state index contributed by atoms with van der Waals surface area (Å²) in [4.78, 5) is 22.0. The number of carboxylic acids is 1. The first-order valence-electron chi connectivity index (χ1n) is 14.6. The van der Waals surface area contributed by atoms with E-state index in [-0.39, 0.29) is 0 Å². The molecule has 0 bridgehead atoms. The summed E-state index contributed by atoms with van der Waals surface area (Å²) in [6.45, 7) is 16.0. The second-order valence-corrected chi connectivity index (χ2v) is 11.6. The van der Waals surface area contributed by atoms with Crippen LogP contribution in [0.25, 0.3) is 33.5 Å². The Balaban J connectivity index is 1.60. The molecule has 0 unspecified atom stereocenters. The summed E-state index contributed by atoms with van der Waals surface area (Å²) < 4.78 is 4.70. The van der Waals surface area contributed by atoms with E-state index in [1.807, 2.05) is 24.3 Å². The van der Waals surface area contributed by atoms with Crippen LogP contribution in [0.5, 0.6) is 0 Å². The van der Waals surface area contributed by atoms with Gasteiger partial charge < -0.3 is 14.2 Å². The van der Waals surface area contributed by atoms with Gasteiger partial charge in [0.1, 0.15) is 11.6 Å². The maximum Gasteiger partial charge on any atom is 0.336 e. The van der Waals surface area contributed by atoms with Crippen LogP contribution in [0.3, 0.4) is 0 Å². The number of fused-ring (bicyclic) bond motifs is 1. The number of rotatable bonds is 9. The number of benzene rings is 3. The molecule has 0 fully saturated rings. The van der Waals surface area contributed by atoms with Crippen molar-refractivity contribution in [2.75, 3.05) is 0 Å². The average Bonchev–Trinajstić information content (AvgIpc) is 3.47. The molecule has 5 aromatic rings. The van der Waals surface area contributed by atoms with Gasteiger partial charge in [0.2, 0.25) is 0 Å². The van der Waals surface area contributed by atoms with Crippen LogP contribution in [0.4, 0.5) is 0 Å². The van der Waals surface area contributed by atoms with Gasteiger partial charge >= 0.3 is 5.97 Å². The van der Waals surface area contributed by atoms with E-state index in [9.17, 15) is 9.90 Å².